The lowest BCUT2D eigenvalue weighted by atomic mass is 9.94. The summed E-state index contributed by atoms with van der Waals surface area (Å²) in [5.41, 5.74) is 2.96. The summed E-state index contributed by atoms with van der Waals surface area (Å²) in [7, 11) is 0. The molecule has 0 bridgehead atoms. The number of aromatic nitrogens is 3. The lowest BCUT2D eigenvalue weighted by molar-refractivity contribution is 0.607. The predicted octanol–water partition coefficient (Wildman–Crippen LogP) is 3.58. The summed E-state index contributed by atoms with van der Waals surface area (Å²) in [5.74, 6) is 0.877. The Morgan fingerprint density at radius 2 is 2.10 bits per heavy atom. The van der Waals surface area contributed by atoms with E-state index in [9.17, 15) is 0 Å². The highest BCUT2D eigenvalue weighted by molar-refractivity contribution is 7.10. The summed E-state index contributed by atoms with van der Waals surface area (Å²) in [6.07, 6.45) is 6.97. The van der Waals surface area contributed by atoms with Crippen molar-refractivity contribution in [3.63, 3.8) is 0 Å². The van der Waals surface area contributed by atoms with Crippen LogP contribution in [-0.4, -0.2) is 15.0 Å². The number of nitrogens with one attached hydrogen (secondary N) is 1. The first-order chi connectivity index (χ1) is 9.90. The normalized spacial score (nSPS) is 17.9. The van der Waals surface area contributed by atoms with Gasteiger partial charge in [0.25, 0.3) is 0 Å². The molecule has 0 spiro atoms. The third kappa shape index (κ3) is 2.04. The summed E-state index contributed by atoms with van der Waals surface area (Å²) in [5, 5.41) is 5.73. The SMILES string of the molecule is c1cnc2nc(NC3CCCc4sccc43)ccc2n1. The van der Waals surface area contributed by atoms with Crippen molar-refractivity contribution >= 4 is 28.3 Å². The summed E-state index contributed by atoms with van der Waals surface area (Å²) in [4.78, 5) is 14.6. The summed E-state index contributed by atoms with van der Waals surface area (Å²) in [6, 6.07) is 6.55. The fourth-order valence-corrected chi connectivity index (χ4v) is 3.74. The van der Waals surface area contributed by atoms with Gasteiger partial charge < -0.3 is 5.32 Å². The molecule has 3 heterocycles. The Balaban J connectivity index is 1.65. The highest BCUT2D eigenvalue weighted by Gasteiger charge is 2.21. The molecule has 0 aliphatic heterocycles. The zero-order valence-electron chi connectivity index (χ0n) is 10.9. The molecule has 1 unspecified atom stereocenters. The van der Waals surface area contributed by atoms with E-state index in [4.69, 9.17) is 0 Å². The second kappa shape index (κ2) is 4.83. The van der Waals surface area contributed by atoms with Crippen molar-refractivity contribution in [3.8, 4) is 0 Å². The second-order valence-electron chi connectivity index (χ2n) is 4.98. The highest BCUT2D eigenvalue weighted by Crippen LogP contribution is 2.35. The lowest BCUT2D eigenvalue weighted by Crippen LogP contribution is -2.16. The van der Waals surface area contributed by atoms with E-state index in [-0.39, 0.29) is 0 Å². The van der Waals surface area contributed by atoms with E-state index in [1.54, 1.807) is 12.4 Å². The number of hydrogen-bond donors (Lipinski definition) is 1. The van der Waals surface area contributed by atoms with Gasteiger partial charge in [0.15, 0.2) is 5.65 Å². The van der Waals surface area contributed by atoms with Crippen LogP contribution in [0.4, 0.5) is 5.82 Å². The van der Waals surface area contributed by atoms with Crippen LogP contribution < -0.4 is 5.32 Å². The first-order valence-corrected chi connectivity index (χ1v) is 7.69. The number of thiophene rings is 1. The fraction of sp³-hybridized carbons (Fsp3) is 0.267. The van der Waals surface area contributed by atoms with Crippen molar-refractivity contribution in [1.29, 1.82) is 0 Å². The van der Waals surface area contributed by atoms with E-state index < -0.39 is 0 Å². The van der Waals surface area contributed by atoms with Gasteiger partial charge in [-0.15, -0.1) is 11.3 Å². The molecule has 1 N–H and O–H groups in total. The Hall–Kier alpha value is -2.01. The van der Waals surface area contributed by atoms with E-state index in [0.29, 0.717) is 11.7 Å². The molecule has 4 rings (SSSR count). The van der Waals surface area contributed by atoms with Gasteiger partial charge in [-0.2, -0.15) is 0 Å². The first-order valence-electron chi connectivity index (χ1n) is 6.81. The Morgan fingerprint density at radius 1 is 1.15 bits per heavy atom. The molecule has 0 radical (unpaired) electrons. The van der Waals surface area contributed by atoms with E-state index in [0.717, 1.165) is 17.8 Å². The Labute approximate surface area is 120 Å². The topological polar surface area (TPSA) is 50.7 Å². The van der Waals surface area contributed by atoms with Gasteiger partial charge in [-0.1, -0.05) is 0 Å². The zero-order chi connectivity index (χ0) is 13.4. The molecule has 0 aromatic carbocycles. The number of rotatable bonds is 2. The number of pyridine rings is 1. The van der Waals surface area contributed by atoms with Gasteiger partial charge >= 0.3 is 0 Å². The van der Waals surface area contributed by atoms with Crippen molar-refractivity contribution in [2.75, 3.05) is 5.32 Å². The molecule has 4 nitrogen and oxygen atoms in total. The Kier molecular flexibility index (Phi) is 2.85. The average molecular weight is 282 g/mol. The van der Waals surface area contributed by atoms with Crippen LogP contribution in [0.25, 0.3) is 11.2 Å². The van der Waals surface area contributed by atoms with E-state index in [2.05, 4.69) is 31.7 Å². The minimum Gasteiger partial charge on any atom is -0.363 e. The van der Waals surface area contributed by atoms with Crippen molar-refractivity contribution in [2.24, 2.45) is 0 Å². The van der Waals surface area contributed by atoms with Crippen molar-refractivity contribution < 1.29 is 0 Å². The fourth-order valence-electron chi connectivity index (χ4n) is 2.75. The molecule has 0 fully saturated rings. The molecule has 0 amide bonds. The molecule has 1 aliphatic rings. The third-order valence-electron chi connectivity index (χ3n) is 3.71. The minimum atomic E-state index is 0.367. The van der Waals surface area contributed by atoms with Gasteiger partial charge in [-0.3, -0.25) is 4.98 Å². The molecule has 0 saturated heterocycles. The Morgan fingerprint density at radius 3 is 3.10 bits per heavy atom. The second-order valence-corrected chi connectivity index (χ2v) is 5.98. The predicted molar refractivity (Wildman–Crippen MR) is 81.0 cm³/mol. The van der Waals surface area contributed by atoms with Crippen LogP contribution in [-0.2, 0) is 6.42 Å². The summed E-state index contributed by atoms with van der Waals surface area (Å²) < 4.78 is 0. The Bertz CT molecular complexity index is 752. The van der Waals surface area contributed by atoms with Crippen LogP contribution in [0.1, 0.15) is 29.3 Å². The lowest BCUT2D eigenvalue weighted by Gasteiger charge is -2.24. The number of fused-ring (bicyclic) bond motifs is 2. The highest BCUT2D eigenvalue weighted by atomic mass is 32.1. The van der Waals surface area contributed by atoms with Gasteiger partial charge in [0, 0.05) is 17.3 Å². The third-order valence-corrected chi connectivity index (χ3v) is 4.70. The molecule has 1 atom stereocenters. The van der Waals surface area contributed by atoms with Crippen molar-refractivity contribution in [3.05, 3.63) is 46.4 Å². The van der Waals surface area contributed by atoms with Crippen LogP contribution in [0.15, 0.2) is 36.0 Å². The molecular weight excluding hydrogens is 268 g/mol. The molecule has 100 valence electrons. The summed E-state index contributed by atoms with van der Waals surface area (Å²) >= 11 is 1.86. The minimum absolute atomic E-state index is 0.367. The molecule has 0 saturated carbocycles. The first kappa shape index (κ1) is 11.8. The average Bonchev–Trinajstić information content (AvgIpc) is 2.97. The van der Waals surface area contributed by atoms with Gasteiger partial charge in [-0.25, -0.2) is 9.97 Å². The standard InChI is InChI=1S/C15H14N4S/c1-2-11(10-6-9-20-13(10)3-1)18-14-5-4-12-15(19-14)17-8-7-16-12/h4-9,11H,1-3H2,(H,17,18,19). The number of hydrogen-bond acceptors (Lipinski definition) is 5. The van der Waals surface area contributed by atoms with Gasteiger partial charge in [0.05, 0.1) is 6.04 Å². The molecule has 1 aliphatic carbocycles. The van der Waals surface area contributed by atoms with Crippen LogP contribution in [0, 0.1) is 0 Å². The van der Waals surface area contributed by atoms with Gasteiger partial charge in [-0.05, 0) is 48.4 Å². The van der Waals surface area contributed by atoms with E-state index in [1.165, 1.54) is 23.3 Å². The molecular formula is C15H14N4S. The monoisotopic (exact) mass is 282 g/mol. The number of nitrogens with zero attached hydrogens (tertiary/aromatic N) is 3. The quantitative estimate of drug-likeness (QED) is 0.780. The smallest absolute Gasteiger partial charge is 0.180 e. The molecule has 20 heavy (non-hydrogen) atoms. The largest absolute Gasteiger partial charge is 0.363 e. The van der Waals surface area contributed by atoms with Crippen molar-refractivity contribution in [2.45, 2.75) is 25.3 Å². The van der Waals surface area contributed by atoms with E-state index >= 15 is 0 Å². The maximum Gasteiger partial charge on any atom is 0.180 e. The van der Waals surface area contributed by atoms with Gasteiger partial charge in [0.2, 0.25) is 0 Å². The van der Waals surface area contributed by atoms with Gasteiger partial charge in [0.1, 0.15) is 11.3 Å². The molecule has 3 aromatic heterocycles. The summed E-state index contributed by atoms with van der Waals surface area (Å²) in [6.45, 7) is 0. The molecule has 5 heteroatoms. The van der Waals surface area contributed by atoms with Crippen molar-refractivity contribution in [1.82, 2.24) is 15.0 Å². The van der Waals surface area contributed by atoms with Crippen LogP contribution in [0.3, 0.4) is 0 Å². The number of aryl methyl sites for hydroxylation is 1. The zero-order valence-corrected chi connectivity index (χ0v) is 11.7. The van der Waals surface area contributed by atoms with E-state index in [1.807, 2.05) is 23.5 Å². The maximum atomic E-state index is 4.55. The van der Waals surface area contributed by atoms with Crippen LogP contribution in [0.2, 0.25) is 0 Å². The van der Waals surface area contributed by atoms with Crippen LogP contribution in [0.5, 0.6) is 0 Å². The maximum absolute atomic E-state index is 4.55. The number of anilines is 1. The molecule has 3 aromatic rings. The van der Waals surface area contributed by atoms with Crippen LogP contribution >= 0.6 is 11.3 Å².